The minimum Gasteiger partial charge on any atom is -0.366 e. The zero-order valence-corrected chi connectivity index (χ0v) is 14.5. The monoisotopic (exact) mass is 366 g/mol. The molecule has 27 heavy (non-hydrogen) atoms. The van der Waals surface area contributed by atoms with E-state index < -0.39 is 10.8 Å². The van der Waals surface area contributed by atoms with Gasteiger partial charge in [0.05, 0.1) is 4.92 Å². The molecule has 138 valence electrons. The number of pyridine rings is 1. The zero-order chi connectivity index (χ0) is 19.0. The molecule has 9 heteroatoms. The number of nitro benzene ring substituents is 1. The first-order chi connectivity index (χ1) is 13.0. The first-order valence-corrected chi connectivity index (χ1v) is 8.67. The second-order valence-electron chi connectivity index (χ2n) is 6.60. The lowest BCUT2D eigenvalue weighted by Crippen LogP contribution is -2.35. The van der Waals surface area contributed by atoms with E-state index in [0.717, 1.165) is 24.3 Å². The van der Waals surface area contributed by atoms with Gasteiger partial charge in [0.1, 0.15) is 11.5 Å². The number of carbonyl (C=O) groups is 1. The lowest BCUT2D eigenvalue weighted by Gasteiger charge is -2.33. The molecule has 0 radical (unpaired) electrons. The SMILES string of the molecule is NC(=O)c1ccc(N2CCC[C@H](c3nnc4ccccn34)C2)c([N+](=O)[O-])c1. The van der Waals surface area contributed by atoms with Gasteiger partial charge in [0.25, 0.3) is 5.69 Å². The van der Waals surface area contributed by atoms with Crippen molar-refractivity contribution in [2.45, 2.75) is 18.8 Å². The van der Waals surface area contributed by atoms with Crippen LogP contribution < -0.4 is 10.6 Å². The van der Waals surface area contributed by atoms with Gasteiger partial charge in [-0.15, -0.1) is 10.2 Å². The number of hydrogen-bond acceptors (Lipinski definition) is 6. The van der Waals surface area contributed by atoms with Gasteiger partial charge in [-0.1, -0.05) is 6.07 Å². The molecule has 3 aromatic rings. The molecular weight excluding hydrogens is 348 g/mol. The summed E-state index contributed by atoms with van der Waals surface area (Å²) >= 11 is 0. The third-order valence-electron chi connectivity index (χ3n) is 4.92. The quantitative estimate of drug-likeness (QED) is 0.558. The number of nitro groups is 1. The summed E-state index contributed by atoms with van der Waals surface area (Å²) in [5.41, 5.74) is 6.54. The van der Waals surface area contributed by atoms with Gasteiger partial charge in [0, 0.05) is 36.8 Å². The Morgan fingerprint density at radius 3 is 2.89 bits per heavy atom. The number of fused-ring (bicyclic) bond motifs is 1. The number of carbonyl (C=O) groups excluding carboxylic acids is 1. The van der Waals surface area contributed by atoms with Gasteiger partial charge in [0.15, 0.2) is 5.65 Å². The van der Waals surface area contributed by atoms with Gasteiger partial charge in [-0.3, -0.25) is 19.3 Å². The molecular formula is C18H18N6O3. The molecule has 0 aliphatic carbocycles. The number of piperidine rings is 1. The number of aromatic nitrogens is 3. The summed E-state index contributed by atoms with van der Waals surface area (Å²) in [6, 6.07) is 10.1. The molecule has 2 N–H and O–H groups in total. The highest BCUT2D eigenvalue weighted by molar-refractivity contribution is 5.94. The van der Waals surface area contributed by atoms with Gasteiger partial charge in [-0.25, -0.2) is 0 Å². The minimum absolute atomic E-state index is 0.103. The number of nitrogens with zero attached hydrogens (tertiary/aromatic N) is 5. The van der Waals surface area contributed by atoms with Crippen LogP contribution in [0.5, 0.6) is 0 Å². The predicted octanol–water partition coefficient (Wildman–Crippen LogP) is 2.12. The minimum atomic E-state index is -0.684. The van der Waals surface area contributed by atoms with Crippen LogP contribution in [0.2, 0.25) is 0 Å². The van der Waals surface area contributed by atoms with Gasteiger partial charge < -0.3 is 10.6 Å². The Kier molecular flexibility index (Phi) is 4.19. The number of nitrogens with two attached hydrogens (primary N) is 1. The van der Waals surface area contributed by atoms with Crippen LogP contribution in [0.25, 0.3) is 5.65 Å². The summed E-state index contributed by atoms with van der Waals surface area (Å²) in [7, 11) is 0. The van der Waals surface area contributed by atoms with E-state index in [4.69, 9.17) is 5.73 Å². The maximum atomic E-state index is 11.5. The molecule has 0 bridgehead atoms. The van der Waals surface area contributed by atoms with E-state index in [-0.39, 0.29) is 17.2 Å². The van der Waals surface area contributed by atoms with Crippen molar-refractivity contribution in [3.63, 3.8) is 0 Å². The first-order valence-electron chi connectivity index (χ1n) is 8.67. The van der Waals surface area contributed by atoms with Crippen LogP contribution in [0.4, 0.5) is 11.4 Å². The maximum absolute atomic E-state index is 11.5. The van der Waals surface area contributed by atoms with E-state index in [1.807, 2.05) is 33.7 Å². The van der Waals surface area contributed by atoms with Crippen molar-refractivity contribution >= 4 is 22.9 Å². The molecule has 1 aromatic carbocycles. The average Bonchev–Trinajstić information content (AvgIpc) is 3.11. The topological polar surface area (TPSA) is 120 Å². The Balaban J connectivity index is 1.67. The van der Waals surface area contributed by atoms with Gasteiger partial charge >= 0.3 is 0 Å². The predicted molar refractivity (Wildman–Crippen MR) is 98.8 cm³/mol. The molecule has 4 rings (SSSR count). The van der Waals surface area contributed by atoms with E-state index in [1.54, 1.807) is 6.07 Å². The molecule has 0 unspecified atom stereocenters. The summed E-state index contributed by atoms with van der Waals surface area (Å²) in [6.07, 6.45) is 3.73. The molecule has 1 amide bonds. The second-order valence-corrected chi connectivity index (χ2v) is 6.60. The molecule has 1 fully saturated rings. The Morgan fingerprint density at radius 1 is 1.26 bits per heavy atom. The van der Waals surface area contributed by atoms with Crippen molar-refractivity contribution < 1.29 is 9.72 Å². The van der Waals surface area contributed by atoms with Crippen molar-refractivity contribution in [2.75, 3.05) is 18.0 Å². The number of anilines is 1. The van der Waals surface area contributed by atoms with Gasteiger partial charge in [-0.2, -0.15) is 0 Å². The molecule has 2 aromatic heterocycles. The van der Waals surface area contributed by atoms with E-state index in [1.165, 1.54) is 12.1 Å². The Labute approximate surface area is 154 Å². The molecule has 9 nitrogen and oxygen atoms in total. The van der Waals surface area contributed by atoms with Crippen LogP contribution in [-0.4, -0.2) is 38.5 Å². The summed E-state index contributed by atoms with van der Waals surface area (Å²) in [4.78, 5) is 24.4. The first kappa shape index (κ1) is 17.0. The highest BCUT2D eigenvalue weighted by Gasteiger charge is 2.29. The molecule has 1 saturated heterocycles. The highest BCUT2D eigenvalue weighted by atomic mass is 16.6. The average molecular weight is 366 g/mol. The molecule has 0 saturated carbocycles. The normalized spacial score (nSPS) is 17.2. The fourth-order valence-electron chi connectivity index (χ4n) is 3.64. The van der Waals surface area contributed by atoms with Crippen molar-refractivity contribution in [1.82, 2.24) is 14.6 Å². The summed E-state index contributed by atoms with van der Waals surface area (Å²) in [6.45, 7) is 1.29. The smallest absolute Gasteiger partial charge is 0.293 e. The largest absolute Gasteiger partial charge is 0.366 e. The van der Waals surface area contributed by atoms with Crippen molar-refractivity contribution in [2.24, 2.45) is 5.73 Å². The van der Waals surface area contributed by atoms with E-state index in [0.29, 0.717) is 18.8 Å². The van der Waals surface area contributed by atoms with Crippen LogP contribution in [0.3, 0.4) is 0 Å². The van der Waals surface area contributed by atoms with Crippen LogP contribution in [0.15, 0.2) is 42.6 Å². The summed E-state index contributed by atoms with van der Waals surface area (Å²) in [5.74, 6) is 0.273. The maximum Gasteiger partial charge on any atom is 0.293 e. The van der Waals surface area contributed by atoms with Crippen LogP contribution >= 0.6 is 0 Å². The third-order valence-corrected chi connectivity index (χ3v) is 4.92. The Hall–Kier alpha value is -3.49. The Bertz CT molecular complexity index is 1030. The van der Waals surface area contributed by atoms with E-state index in [9.17, 15) is 14.9 Å². The molecule has 1 atom stereocenters. The van der Waals surface area contributed by atoms with Crippen molar-refractivity contribution in [3.8, 4) is 0 Å². The van der Waals surface area contributed by atoms with Crippen molar-refractivity contribution in [3.05, 3.63) is 64.1 Å². The number of hydrogen-bond donors (Lipinski definition) is 1. The third kappa shape index (κ3) is 3.07. The van der Waals surface area contributed by atoms with Crippen LogP contribution in [-0.2, 0) is 0 Å². The highest BCUT2D eigenvalue weighted by Crippen LogP contribution is 2.35. The standard InChI is InChI=1S/C18H18N6O3/c19-17(25)12-6-7-14(15(10-12)24(26)27)22-8-3-4-13(11-22)18-21-20-16-5-1-2-9-23(16)18/h1-2,5-7,9-10,13H,3-4,8,11H2,(H2,19,25)/t13-/m0/s1. The fraction of sp³-hybridized carbons (Fsp3) is 0.278. The van der Waals surface area contributed by atoms with Crippen molar-refractivity contribution in [1.29, 1.82) is 0 Å². The fourth-order valence-corrected chi connectivity index (χ4v) is 3.64. The van der Waals surface area contributed by atoms with Crippen LogP contribution in [0, 0.1) is 10.1 Å². The van der Waals surface area contributed by atoms with Gasteiger partial charge in [0.2, 0.25) is 5.91 Å². The van der Waals surface area contributed by atoms with E-state index in [2.05, 4.69) is 10.2 Å². The van der Waals surface area contributed by atoms with E-state index >= 15 is 0 Å². The Morgan fingerprint density at radius 2 is 2.11 bits per heavy atom. The molecule has 3 heterocycles. The zero-order valence-electron chi connectivity index (χ0n) is 14.5. The van der Waals surface area contributed by atoms with Crippen LogP contribution in [0.1, 0.15) is 34.9 Å². The van der Waals surface area contributed by atoms with Gasteiger partial charge in [-0.05, 0) is 37.1 Å². The molecule has 1 aliphatic rings. The summed E-state index contributed by atoms with van der Waals surface area (Å²) < 4.78 is 1.96. The number of benzene rings is 1. The summed E-state index contributed by atoms with van der Waals surface area (Å²) in [5, 5.41) is 20.1. The molecule has 1 aliphatic heterocycles. The number of primary amides is 1. The number of amides is 1. The lowest BCUT2D eigenvalue weighted by molar-refractivity contribution is -0.384. The second kappa shape index (κ2) is 6.67. The number of rotatable bonds is 4. The lowest BCUT2D eigenvalue weighted by atomic mass is 9.96. The molecule has 0 spiro atoms.